The van der Waals surface area contributed by atoms with Crippen LogP contribution in [0.15, 0.2) is 12.2 Å². The highest BCUT2D eigenvalue weighted by atomic mass is 31.2. The van der Waals surface area contributed by atoms with Gasteiger partial charge >= 0.3 is 13.6 Å². The zero-order chi connectivity index (χ0) is 21.8. The third-order valence-corrected chi connectivity index (χ3v) is 7.77. The fourth-order valence-electron chi connectivity index (χ4n) is 4.16. The number of ketones is 1. The van der Waals surface area contributed by atoms with Crippen molar-refractivity contribution in [3.63, 3.8) is 0 Å². The van der Waals surface area contributed by atoms with Gasteiger partial charge in [0.05, 0.1) is 36.9 Å². The van der Waals surface area contributed by atoms with E-state index in [2.05, 4.69) is 0 Å². The molecule has 0 radical (unpaired) electrons. The van der Waals surface area contributed by atoms with E-state index in [-0.39, 0.29) is 37.4 Å². The molecule has 1 aliphatic heterocycles. The Morgan fingerprint density at radius 2 is 1.86 bits per heavy atom. The van der Waals surface area contributed by atoms with Crippen LogP contribution in [0.3, 0.4) is 0 Å². The van der Waals surface area contributed by atoms with E-state index >= 15 is 0 Å². The summed E-state index contributed by atoms with van der Waals surface area (Å²) in [4.78, 5) is 39.4. The van der Waals surface area contributed by atoms with Crippen LogP contribution in [-0.2, 0) is 32.7 Å². The molecular formula is C20H32NO7P. The van der Waals surface area contributed by atoms with E-state index in [1.165, 1.54) is 11.8 Å². The minimum atomic E-state index is -3.59. The van der Waals surface area contributed by atoms with Crippen LogP contribution < -0.4 is 0 Å². The third-order valence-electron chi connectivity index (χ3n) is 5.19. The van der Waals surface area contributed by atoms with E-state index in [1.807, 2.05) is 0 Å². The lowest BCUT2D eigenvalue weighted by molar-refractivity contribution is -0.157. The molecule has 1 saturated heterocycles. The van der Waals surface area contributed by atoms with Crippen molar-refractivity contribution in [2.45, 2.75) is 77.7 Å². The third kappa shape index (κ3) is 5.16. The first-order chi connectivity index (χ1) is 13.7. The highest BCUT2D eigenvalue weighted by Crippen LogP contribution is 2.59. The smallest absolute Gasteiger partial charge is 0.334 e. The minimum Gasteiger partial charge on any atom is -0.461 e. The van der Waals surface area contributed by atoms with Gasteiger partial charge in [-0.2, -0.15) is 0 Å². The van der Waals surface area contributed by atoms with Gasteiger partial charge in [-0.3, -0.25) is 14.2 Å². The Labute approximate surface area is 172 Å². The molecule has 2 aliphatic rings. The number of carbonyl (C=O) groups is 3. The standard InChI is InChI=1S/C20H32NO7P/c1-6-26-29(25,27-7-2)17-10-8-9-15(19(17)14(5)22)21-16(11-12-18(21)23)20(24)28-13(3)4/h8-9,13,15-17,19H,6-7,10-12H2,1-5H3/t15-,16+,17-,19-/m1/s1. The summed E-state index contributed by atoms with van der Waals surface area (Å²) < 4.78 is 29.8. The molecule has 0 unspecified atom stereocenters. The van der Waals surface area contributed by atoms with E-state index in [9.17, 15) is 18.9 Å². The van der Waals surface area contributed by atoms with Crippen molar-refractivity contribution in [2.75, 3.05) is 13.2 Å². The van der Waals surface area contributed by atoms with Crippen LogP contribution in [0.1, 0.15) is 53.9 Å². The number of likely N-dealkylation sites (tertiary alicyclic amines) is 1. The Morgan fingerprint density at radius 1 is 1.24 bits per heavy atom. The van der Waals surface area contributed by atoms with E-state index in [4.69, 9.17) is 13.8 Å². The SMILES string of the molecule is CCOP(=O)(OCC)[C@@H]1CC=C[C@@H](N2C(=O)CC[C@H]2C(=O)OC(C)C)[C@H]1C(C)=O. The number of esters is 1. The predicted molar refractivity (Wildman–Crippen MR) is 107 cm³/mol. The fraction of sp³-hybridized carbons (Fsp3) is 0.750. The lowest BCUT2D eigenvalue weighted by Crippen LogP contribution is -2.54. The second-order valence-corrected chi connectivity index (χ2v) is 9.83. The number of ether oxygens (including phenoxy) is 1. The Kier molecular flexibility index (Phi) is 8.20. The maximum absolute atomic E-state index is 13.5. The summed E-state index contributed by atoms with van der Waals surface area (Å²) in [5, 5.41) is 0. The van der Waals surface area contributed by atoms with Gasteiger partial charge in [-0.1, -0.05) is 12.2 Å². The van der Waals surface area contributed by atoms with E-state index in [0.717, 1.165) is 0 Å². The van der Waals surface area contributed by atoms with E-state index < -0.39 is 37.2 Å². The molecule has 0 aromatic heterocycles. The Bertz CT molecular complexity index is 695. The van der Waals surface area contributed by atoms with Gasteiger partial charge in [-0.15, -0.1) is 0 Å². The van der Waals surface area contributed by atoms with Crippen LogP contribution in [0.25, 0.3) is 0 Å². The molecule has 1 heterocycles. The van der Waals surface area contributed by atoms with E-state index in [0.29, 0.717) is 12.8 Å². The number of amides is 1. The molecular weight excluding hydrogens is 397 g/mol. The molecule has 0 saturated carbocycles. The molecule has 164 valence electrons. The van der Waals surface area contributed by atoms with Gasteiger partial charge in [-0.05, 0) is 47.5 Å². The highest BCUT2D eigenvalue weighted by molar-refractivity contribution is 7.54. The van der Waals surface area contributed by atoms with Crippen LogP contribution in [0.5, 0.6) is 0 Å². The maximum Gasteiger partial charge on any atom is 0.334 e. The first-order valence-corrected chi connectivity index (χ1v) is 11.8. The lowest BCUT2D eigenvalue weighted by atomic mass is 9.84. The van der Waals surface area contributed by atoms with Crippen molar-refractivity contribution in [1.29, 1.82) is 0 Å². The van der Waals surface area contributed by atoms with Crippen LogP contribution in [0, 0.1) is 5.92 Å². The second-order valence-electron chi connectivity index (χ2n) is 7.57. The number of allylic oxidation sites excluding steroid dienone is 1. The van der Waals surface area contributed by atoms with Gasteiger partial charge in [-0.25, -0.2) is 4.79 Å². The summed E-state index contributed by atoms with van der Waals surface area (Å²) in [7, 11) is -3.59. The van der Waals surface area contributed by atoms with Gasteiger partial charge in [0.2, 0.25) is 5.91 Å². The van der Waals surface area contributed by atoms with Crippen LogP contribution in [0.2, 0.25) is 0 Å². The van der Waals surface area contributed by atoms with Crippen molar-refractivity contribution in [1.82, 2.24) is 4.90 Å². The summed E-state index contributed by atoms with van der Waals surface area (Å²) in [6, 6.07) is -1.46. The average Bonchev–Trinajstić information content (AvgIpc) is 3.02. The summed E-state index contributed by atoms with van der Waals surface area (Å²) in [5.74, 6) is -1.72. The van der Waals surface area contributed by atoms with Crippen molar-refractivity contribution in [3.8, 4) is 0 Å². The molecule has 0 spiro atoms. The summed E-state index contributed by atoms with van der Waals surface area (Å²) in [6.45, 7) is 8.69. The zero-order valence-electron chi connectivity index (χ0n) is 17.8. The topological polar surface area (TPSA) is 99.2 Å². The van der Waals surface area contributed by atoms with Gasteiger partial charge in [0.1, 0.15) is 11.8 Å². The van der Waals surface area contributed by atoms with Crippen molar-refractivity contribution < 1.29 is 32.7 Å². The maximum atomic E-state index is 13.5. The normalized spacial score (nSPS) is 27.5. The van der Waals surface area contributed by atoms with Crippen molar-refractivity contribution in [3.05, 3.63) is 12.2 Å². The monoisotopic (exact) mass is 429 g/mol. The van der Waals surface area contributed by atoms with Crippen LogP contribution >= 0.6 is 7.60 Å². The number of nitrogens with zero attached hydrogens (tertiary/aromatic N) is 1. The number of rotatable bonds is 9. The molecule has 0 N–H and O–H groups in total. The zero-order valence-corrected chi connectivity index (χ0v) is 18.7. The quantitative estimate of drug-likeness (QED) is 0.315. The Morgan fingerprint density at radius 3 is 2.38 bits per heavy atom. The first-order valence-electron chi connectivity index (χ1n) is 10.2. The highest BCUT2D eigenvalue weighted by Gasteiger charge is 2.52. The first kappa shape index (κ1) is 23.8. The Hall–Kier alpha value is -1.50. The van der Waals surface area contributed by atoms with Gasteiger partial charge < -0.3 is 18.7 Å². The molecule has 29 heavy (non-hydrogen) atoms. The number of hydrogen-bond acceptors (Lipinski definition) is 7. The molecule has 1 aliphatic carbocycles. The fourth-order valence-corrected chi connectivity index (χ4v) is 6.50. The number of hydrogen-bond donors (Lipinski definition) is 0. The largest absolute Gasteiger partial charge is 0.461 e. The number of carbonyl (C=O) groups excluding carboxylic acids is 3. The van der Waals surface area contributed by atoms with Crippen LogP contribution in [0.4, 0.5) is 0 Å². The molecule has 1 amide bonds. The number of Topliss-reactive ketones (excluding diaryl/α,β-unsaturated/α-hetero) is 1. The molecule has 0 bridgehead atoms. The molecule has 1 fully saturated rings. The van der Waals surface area contributed by atoms with Crippen molar-refractivity contribution >= 4 is 25.3 Å². The summed E-state index contributed by atoms with van der Waals surface area (Å²) >= 11 is 0. The minimum absolute atomic E-state index is 0.179. The van der Waals surface area contributed by atoms with Crippen molar-refractivity contribution in [2.24, 2.45) is 5.92 Å². The molecule has 4 atom stereocenters. The van der Waals surface area contributed by atoms with Gasteiger partial charge in [0.15, 0.2) is 0 Å². The summed E-state index contributed by atoms with van der Waals surface area (Å²) in [6.07, 6.45) is 4.10. The Balaban J connectivity index is 2.42. The lowest BCUT2D eigenvalue weighted by Gasteiger charge is -2.41. The predicted octanol–water partition coefficient (Wildman–Crippen LogP) is 3.10. The molecule has 8 nitrogen and oxygen atoms in total. The molecule has 0 aromatic carbocycles. The second kappa shape index (κ2) is 10.0. The molecule has 0 aromatic rings. The summed E-state index contributed by atoms with van der Waals surface area (Å²) in [5.41, 5.74) is -0.718. The van der Waals surface area contributed by atoms with Gasteiger partial charge in [0.25, 0.3) is 0 Å². The van der Waals surface area contributed by atoms with E-state index in [1.54, 1.807) is 39.8 Å². The average molecular weight is 429 g/mol. The van der Waals surface area contributed by atoms with Gasteiger partial charge in [0, 0.05) is 6.42 Å². The van der Waals surface area contributed by atoms with Crippen LogP contribution in [-0.4, -0.2) is 59.6 Å². The molecule has 9 heteroatoms. The molecule has 2 rings (SSSR count).